The number of nitrogens with one attached hydrogen (secondary N) is 2. The molecular weight excluding hydrogens is 388 g/mol. The molecule has 1 aromatic carbocycles. The molecular formula is C21H21N4OS2+. The molecule has 1 unspecified atom stereocenters. The van der Waals surface area contributed by atoms with Crippen LogP contribution in [0, 0.1) is 0 Å². The van der Waals surface area contributed by atoms with Gasteiger partial charge in [-0.2, -0.15) is 0 Å². The van der Waals surface area contributed by atoms with E-state index < -0.39 is 0 Å². The number of rotatable bonds is 3. The van der Waals surface area contributed by atoms with Gasteiger partial charge < -0.3 is 9.88 Å². The molecule has 4 aromatic rings. The van der Waals surface area contributed by atoms with Crippen LogP contribution in [0.2, 0.25) is 0 Å². The highest BCUT2D eigenvalue weighted by Crippen LogP contribution is 2.34. The molecule has 0 radical (unpaired) electrons. The maximum Gasteiger partial charge on any atom is 0.260 e. The molecule has 0 saturated carbocycles. The van der Waals surface area contributed by atoms with Crippen LogP contribution in [0.1, 0.15) is 46.6 Å². The second-order valence-corrected chi connectivity index (χ2v) is 10.00. The van der Waals surface area contributed by atoms with Gasteiger partial charge in [-0.15, -0.1) is 22.7 Å². The number of hydrogen-bond acceptors (Lipinski definition) is 5. The van der Waals surface area contributed by atoms with Gasteiger partial charge in [-0.05, 0) is 37.0 Å². The van der Waals surface area contributed by atoms with Crippen molar-refractivity contribution in [3.05, 3.63) is 55.9 Å². The van der Waals surface area contributed by atoms with E-state index in [0.29, 0.717) is 6.04 Å². The van der Waals surface area contributed by atoms with Gasteiger partial charge in [0.1, 0.15) is 17.4 Å². The number of aryl methyl sites for hydroxylation is 2. The molecule has 0 spiro atoms. The van der Waals surface area contributed by atoms with Crippen LogP contribution in [-0.4, -0.2) is 21.5 Å². The molecule has 7 heteroatoms. The zero-order valence-corrected chi connectivity index (χ0v) is 17.1. The summed E-state index contributed by atoms with van der Waals surface area (Å²) in [5, 5.41) is 2.06. The summed E-state index contributed by atoms with van der Waals surface area (Å²) >= 11 is 3.53. The summed E-state index contributed by atoms with van der Waals surface area (Å²) in [5.74, 6) is 0.820. The number of aromatic amines is 1. The number of thiophene rings is 1. The molecule has 1 saturated heterocycles. The normalized spacial score (nSPS) is 21.7. The minimum atomic E-state index is 0.0505. The minimum absolute atomic E-state index is 0.0505. The van der Waals surface area contributed by atoms with Gasteiger partial charge >= 0.3 is 0 Å². The molecule has 0 bridgehead atoms. The predicted octanol–water partition coefficient (Wildman–Crippen LogP) is 3.00. The van der Waals surface area contributed by atoms with Crippen LogP contribution in [-0.2, 0) is 19.4 Å². The number of H-pyrrole nitrogens is 1. The van der Waals surface area contributed by atoms with E-state index in [0.717, 1.165) is 53.9 Å². The van der Waals surface area contributed by atoms with Crippen LogP contribution in [0.4, 0.5) is 0 Å². The first-order valence-electron chi connectivity index (χ1n) is 10.00. The number of para-hydroxylation sites is 1. The highest BCUT2D eigenvalue weighted by atomic mass is 32.1. The van der Waals surface area contributed by atoms with E-state index in [1.165, 1.54) is 37.9 Å². The average Bonchev–Trinajstić information content (AvgIpc) is 3.43. The summed E-state index contributed by atoms with van der Waals surface area (Å²) in [4.78, 5) is 29.4. The Morgan fingerprint density at radius 2 is 2.07 bits per heavy atom. The predicted molar refractivity (Wildman–Crippen MR) is 113 cm³/mol. The zero-order chi connectivity index (χ0) is 18.7. The van der Waals surface area contributed by atoms with E-state index >= 15 is 0 Å². The molecule has 5 nitrogen and oxygen atoms in total. The first kappa shape index (κ1) is 16.8. The Morgan fingerprint density at radius 1 is 1.14 bits per heavy atom. The van der Waals surface area contributed by atoms with Gasteiger partial charge in [0.15, 0.2) is 10.8 Å². The number of hydrogen-bond donors (Lipinski definition) is 2. The zero-order valence-electron chi connectivity index (χ0n) is 15.5. The molecule has 142 valence electrons. The molecule has 1 aliphatic carbocycles. The third-order valence-electron chi connectivity index (χ3n) is 6.11. The fourth-order valence-corrected chi connectivity index (χ4v) is 7.25. The Labute approximate surface area is 170 Å². The summed E-state index contributed by atoms with van der Waals surface area (Å²) in [7, 11) is 0. The van der Waals surface area contributed by atoms with Crippen LogP contribution < -0.4 is 10.5 Å². The van der Waals surface area contributed by atoms with Gasteiger partial charge in [-0.25, -0.2) is 9.97 Å². The van der Waals surface area contributed by atoms with E-state index in [-0.39, 0.29) is 5.56 Å². The van der Waals surface area contributed by atoms with Crippen molar-refractivity contribution >= 4 is 43.1 Å². The van der Waals surface area contributed by atoms with Crippen LogP contribution in [0.3, 0.4) is 0 Å². The van der Waals surface area contributed by atoms with Gasteiger partial charge in [0, 0.05) is 17.7 Å². The number of aromatic nitrogens is 3. The molecule has 2 N–H and O–H groups in total. The van der Waals surface area contributed by atoms with Crippen molar-refractivity contribution in [3.63, 3.8) is 0 Å². The molecule has 0 amide bonds. The molecule has 28 heavy (non-hydrogen) atoms. The lowest BCUT2D eigenvalue weighted by atomic mass is 10.2. The quantitative estimate of drug-likeness (QED) is 0.547. The van der Waals surface area contributed by atoms with Crippen molar-refractivity contribution in [2.24, 2.45) is 0 Å². The van der Waals surface area contributed by atoms with Gasteiger partial charge in [0.2, 0.25) is 0 Å². The highest BCUT2D eigenvalue weighted by molar-refractivity contribution is 7.19. The van der Waals surface area contributed by atoms with Gasteiger partial charge in [0.05, 0.1) is 22.1 Å². The van der Waals surface area contributed by atoms with E-state index in [9.17, 15) is 4.79 Å². The van der Waals surface area contributed by atoms with Crippen LogP contribution in [0.5, 0.6) is 0 Å². The van der Waals surface area contributed by atoms with E-state index in [2.05, 4.69) is 23.2 Å². The number of fused-ring (bicyclic) bond motifs is 4. The number of nitrogens with zero attached hydrogens (tertiary/aromatic N) is 2. The van der Waals surface area contributed by atoms with Crippen LogP contribution in [0.15, 0.2) is 29.1 Å². The van der Waals surface area contributed by atoms with Gasteiger partial charge in [0.25, 0.3) is 5.56 Å². The topological polar surface area (TPSA) is 63.1 Å². The van der Waals surface area contributed by atoms with Crippen molar-refractivity contribution in [3.8, 4) is 0 Å². The lowest BCUT2D eigenvalue weighted by Gasteiger charge is -2.19. The van der Waals surface area contributed by atoms with E-state index in [1.54, 1.807) is 11.3 Å². The third kappa shape index (κ3) is 2.64. The van der Waals surface area contributed by atoms with E-state index in [4.69, 9.17) is 9.97 Å². The van der Waals surface area contributed by atoms with Crippen molar-refractivity contribution in [2.75, 3.05) is 6.54 Å². The largest absolute Gasteiger partial charge is 0.320 e. The fraction of sp³-hybridized carbons (Fsp3) is 0.381. The summed E-state index contributed by atoms with van der Waals surface area (Å²) in [6.45, 7) is 1.86. The van der Waals surface area contributed by atoms with Crippen molar-refractivity contribution < 1.29 is 4.90 Å². The van der Waals surface area contributed by atoms with Crippen LogP contribution in [0.25, 0.3) is 20.4 Å². The Balaban J connectivity index is 1.33. The summed E-state index contributed by atoms with van der Waals surface area (Å²) in [6.07, 6.45) is 5.63. The maximum atomic E-state index is 12.8. The molecule has 3 aromatic heterocycles. The van der Waals surface area contributed by atoms with Crippen LogP contribution >= 0.6 is 22.7 Å². The minimum Gasteiger partial charge on any atom is -0.320 e. The molecule has 6 rings (SSSR count). The Morgan fingerprint density at radius 3 is 3.00 bits per heavy atom. The summed E-state index contributed by atoms with van der Waals surface area (Å²) < 4.78 is 1.25. The molecule has 1 aliphatic heterocycles. The smallest absolute Gasteiger partial charge is 0.260 e. The second-order valence-electron chi connectivity index (χ2n) is 7.85. The van der Waals surface area contributed by atoms with Gasteiger partial charge in [-0.3, -0.25) is 4.79 Å². The molecule has 1 fully saturated rings. The first-order chi connectivity index (χ1) is 13.8. The van der Waals surface area contributed by atoms with Crippen molar-refractivity contribution in [1.29, 1.82) is 0 Å². The molecule has 4 heterocycles. The van der Waals surface area contributed by atoms with Gasteiger partial charge in [-0.1, -0.05) is 12.1 Å². The number of thiazole rings is 1. The van der Waals surface area contributed by atoms with Crippen molar-refractivity contribution in [1.82, 2.24) is 15.0 Å². The number of benzene rings is 1. The Hall–Kier alpha value is -2.09. The third-order valence-corrected chi connectivity index (χ3v) is 8.45. The SMILES string of the molecule is O=c1[nH]c(C[NH+]2CCC[C@H]2c2nc3ccccc3s2)nc2sc3c(c12)CCC3. The molecule has 2 aliphatic rings. The lowest BCUT2D eigenvalue weighted by molar-refractivity contribution is -0.932. The Bertz CT molecular complexity index is 1220. The number of quaternary nitrogens is 1. The van der Waals surface area contributed by atoms with E-state index in [1.807, 2.05) is 17.4 Å². The lowest BCUT2D eigenvalue weighted by Crippen LogP contribution is -3.09. The monoisotopic (exact) mass is 409 g/mol. The first-order valence-corrected chi connectivity index (χ1v) is 11.6. The standard InChI is InChI=1S/C21H20N4OS2/c26-19-18-12-5-3-9-15(12)27-21(18)24-17(23-19)11-25-10-4-7-14(25)20-22-13-6-1-2-8-16(13)28-20/h1-2,6,8,14H,3-5,7,9-11H2,(H,23,24,26)/p+1/t14-/m0/s1. The maximum absolute atomic E-state index is 12.8. The summed E-state index contributed by atoms with van der Waals surface area (Å²) in [6, 6.07) is 8.76. The van der Waals surface area contributed by atoms with Crippen molar-refractivity contribution in [2.45, 2.75) is 44.7 Å². The highest BCUT2D eigenvalue weighted by Gasteiger charge is 2.33. The fourth-order valence-electron chi connectivity index (χ4n) is 4.81. The second kappa shape index (κ2) is 6.47. The number of likely N-dealkylation sites (tertiary alicyclic amines) is 1. The molecule has 2 atom stereocenters. The summed E-state index contributed by atoms with van der Waals surface area (Å²) in [5.41, 5.74) is 2.39. The average molecular weight is 410 g/mol. The Kier molecular flexibility index (Phi) is 3.89.